The summed E-state index contributed by atoms with van der Waals surface area (Å²) in [6, 6.07) is 2.62. The first kappa shape index (κ1) is 18.0. The fourth-order valence-electron chi connectivity index (χ4n) is 3.91. The van der Waals surface area contributed by atoms with Gasteiger partial charge in [-0.2, -0.15) is 14.7 Å². The number of rotatable bonds is 6. The molecule has 0 amide bonds. The average molecular weight is 390 g/mol. The summed E-state index contributed by atoms with van der Waals surface area (Å²) < 4.78 is 3.88. The zero-order valence-corrected chi connectivity index (χ0v) is 17.1. The Morgan fingerprint density at radius 2 is 2.14 bits per heavy atom. The van der Waals surface area contributed by atoms with Crippen LogP contribution >= 0.6 is 0 Å². The zero-order chi connectivity index (χ0) is 20.1. The van der Waals surface area contributed by atoms with Gasteiger partial charge in [0.1, 0.15) is 5.69 Å². The summed E-state index contributed by atoms with van der Waals surface area (Å²) in [6.45, 7) is 6.60. The van der Waals surface area contributed by atoms with Gasteiger partial charge >= 0.3 is 0 Å². The number of aromatic nitrogens is 6. The van der Waals surface area contributed by atoms with Crippen molar-refractivity contribution in [2.45, 2.75) is 52.0 Å². The van der Waals surface area contributed by atoms with Crippen molar-refractivity contribution in [3.8, 4) is 0 Å². The van der Waals surface area contributed by atoms with Crippen LogP contribution in [0.25, 0.3) is 5.65 Å². The van der Waals surface area contributed by atoms with Crippen LogP contribution in [0.4, 0.5) is 0 Å². The molecule has 29 heavy (non-hydrogen) atoms. The van der Waals surface area contributed by atoms with Crippen LogP contribution in [0.3, 0.4) is 0 Å². The van der Waals surface area contributed by atoms with E-state index >= 15 is 0 Å². The third kappa shape index (κ3) is 3.32. The third-order valence-electron chi connectivity index (χ3n) is 5.79. The summed E-state index contributed by atoms with van der Waals surface area (Å²) in [5.41, 5.74) is 12.1. The predicted octanol–water partition coefficient (Wildman–Crippen LogP) is 2.73. The Labute approximate surface area is 169 Å². The van der Waals surface area contributed by atoms with Crippen LogP contribution in [-0.2, 0) is 0 Å². The lowest BCUT2D eigenvalue weighted by Gasteiger charge is -2.07. The lowest BCUT2D eigenvalue weighted by Crippen LogP contribution is -2.11. The number of nitrogens with two attached hydrogens (primary N) is 1. The molecule has 8 heteroatoms. The Hall–Kier alpha value is -3.03. The minimum atomic E-state index is 0.343. The number of nitrogens with zero attached hydrogens (tertiary/aromatic N) is 7. The molecule has 0 aliphatic heterocycles. The molecule has 2 unspecified atom stereocenters. The molecule has 0 spiro atoms. The monoisotopic (exact) mass is 390 g/mol. The maximum absolute atomic E-state index is 6.51. The molecule has 2 atom stereocenters. The molecule has 2 fully saturated rings. The second kappa shape index (κ2) is 6.79. The van der Waals surface area contributed by atoms with Crippen LogP contribution in [0.1, 0.15) is 60.8 Å². The standard InChI is InChI=1S/C21H26N8/c1-4-23-19(20-7-12(2)21-26-25-13(3)29(21)27-20)9-18(22)17-8-16(17)14-10-24-28(11-14)15-5-6-15/h7,9-11,15-17H,4-6,8,22H2,1-3H3/b18-9-,23-19?. The van der Waals surface area contributed by atoms with Gasteiger partial charge in [0, 0.05) is 24.4 Å². The first-order valence-corrected chi connectivity index (χ1v) is 10.3. The lowest BCUT2D eigenvalue weighted by molar-refractivity contribution is 0.641. The summed E-state index contributed by atoms with van der Waals surface area (Å²) in [5, 5.41) is 17.5. The van der Waals surface area contributed by atoms with Gasteiger partial charge in [-0.05, 0) is 69.2 Å². The van der Waals surface area contributed by atoms with Crippen LogP contribution < -0.4 is 5.73 Å². The summed E-state index contributed by atoms with van der Waals surface area (Å²) in [7, 11) is 0. The van der Waals surface area contributed by atoms with E-state index in [9.17, 15) is 0 Å². The fourth-order valence-corrected chi connectivity index (χ4v) is 3.91. The van der Waals surface area contributed by atoms with Crippen LogP contribution in [0.15, 0.2) is 35.2 Å². The first-order chi connectivity index (χ1) is 14.0. The van der Waals surface area contributed by atoms with Crippen molar-refractivity contribution in [3.05, 3.63) is 52.9 Å². The van der Waals surface area contributed by atoms with E-state index in [1.165, 1.54) is 18.4 Å². The molecule has 150 valence electrons. The van der Waals surface area contributed by atoms with E-state index in [0.29, 0.717) is 24.4 Å². The second-order valence-electron chi connectivity index (χ2n) is 8.13. The van der Waals surface area contributed by atoms with E-state index in [4.69, 9.17) is 10.8 Å². The average Bonchev–Trinajstić information content (AvgIpc) is 3.63. The Morgan fingerprint density at radius 3 is 2.90 bits per heavy atom. The van der Waals surface area contributed by atoms with Crippen molar-refractivity contribution in [1.29, 1.82) is 0 Å². The number of hydrogen-bond acceptors (Lipinski definition) is 6. The molecule has 0 bridgehead atoms. The quantitative estimate of drug-likeness (QED) is 0.653. The van der Waals surface area contributed by atoms with Gasteiger partial charge in [-0.25, -0.2) is 0 Å². The molecule has 8 nitrogen and oxygen atoms in total. The van der Waals surface area contributed by atoms with Gasteiger partial charge in [0.15, 0.2) is 11.5 Å². The Morgan fingerprint density at radius 1 is 1.31 bits per heavy atom. The van der Waals surface area contributed by atoms with Crippen molar-refractivity contribution in [3.63, 3.8) is 0 Å². The number of aryl methyl sites for hydroxylation is 2. The summed E-state index contributed by atoms with van der Waals surface area (Å²) in [6.07, 6.45) is 9.75. The lowest BCUT2D eigenvalue weighted by atomic mass is 10.1. The molecule has 2 aliphatic rings. The third-order valence-corrected chi connectivity index (χ3v) is 5.79. The second-order valence-corrected chi connectivity index (χ2v) is 8.13. The smallest absolute Gasteiger partial charge is 0.180 e. The van der Waals surface area contributed by atoms with Crippen molar-refractivity contribution in [2.24, 2.45) is 16.6 Å². The van der Waals surface area contributed by atoms with Gasteiger partial charge in [0.05, 0.1) is 18.0 Å². The molecule has 0 saturated heterocycles. The molecular weight excluding hydrogens is 364 g/mol. The maximum Gasteiger partial charge on any atom is 0.180 e. The Balaban J connectivity index is 1.41. The van der Waals surface area contributed by atoms with Gasteiger partial charge in [-0.1, -0.05) is 0 Å². The largest absolute Gasteiger partial charge is 0.402 e. The van der Waals surface area contributed by atoms with Crippen molar-refractivity contribution < 1.29 is 0 Å². The topological polar surface area (TPSA) is 99.3 Å². The van der Waals surface area contributed by atoms with Gasteiger partial charge in [-0.3, -0.25) is 9.67 Å². The highest BCUT2D eigenvalue weighted by Gasteiger charge is 2.41. The molecule has 3 aromatic rings. The number of hydrogen-bond donors (Lipinski definition) is 1. The van der Waals surface area contributed by atoms with Gasteiger partial charge in [0.25, 0.3) is 0 Å². The minimum Gasteiger partial charge on any atom is -0.402 e. The van der Waals surface area contributed by atoms with Gasteiger partial charge in [-0.15, -0.1) is 10.2 Å². The summed E-state index contributed by atoms with van der Waals surface area (Å²) in [4.78, 5) is 4.67. The van der Waals surface area contributed by atoms with Gasteiger partial charge in [0.2, 0.25) is 0 Å². The molecule has 5 rings (SSSR count). The zero-order valence-electron chi connectivity index (χ0n) is 17.1. The highest BCUT2D eigenvalue weighted by atomic mass is 15.4. The van der Waals surface area contributed by atoms with Crippen molar-refractivity contribution in [2.75, 3.05) is 6.54 Å². The van der Waals surface area contributed by atoms with Crippen molar-refractivity contribution in [1.82, 2.24) is 29.6 Å². The normalized spacial score (nSPS) is 22.4. The summed E-state index contributed by atoms with van der Waals surface area (Å²) in [5.74, 6) is 1.56. The van der Waals surface area contributed by atoms with E-state index in [1.807, 2.05) is 39.1 Å². The van der Waals surface area contributed by atoms with E-state index < -0.39 is 0 Å². The highest BCUT2D eigenvalue weighted by Crippen LogP contribution is 2.50. The highest BCUT2D eigenvalue weighted by molar-refractivity contribution is 6.08. The summed E-state index contributed by atoms with van der Waals surface area (Å²) >= 11 is 0. The molecule has 2 saturated carbocycles. The minimum absolute atomic E-state index is 0.343. The number of allylic oxidation sites excluding steroid dienone is 2. The van der Waals surface area contributed by atoms with Crippen molar-refractivity contribution >= 4 is 11.4 Å². The molecular formula is C21H26N8. The van der Waals surface area contributed by atoms with Gasteiger partial charge < -0.3 is 5.73 Å². The Kier molecular flexibility index (Phi) is 4.22. The molecule has 2 aliphatic carbocycles. The van der Waals surface area contributed by atoms with E-state index in [1.54, 1.807) is 4.52 Å². The Bertz CT molecular complexity index is 1130. The van der Waals surface area contributed by atoms with Crippen LogP contribution in [0, 0.1) is 19.8 Å². The van der Waals surface area contributed by atoms with E-state index in [-0.39, 0.29) is 0 Å². The number of aliphatic imine (C=N–C) groups is 1. The fraction of sp³-hybridized carbons (Fsp3) is 0.476. The van der Waals surface area contributed by atoms with Crippen LogP contribution in [0.5, 0.6) is 0 Å². The SMILES string of the molecule is CCN=C(/C=C(\N)C1CC1c1cnn(C2CC2)c1)c1cc(C)c2nnc(C)n2n1. The molecule has 3 aromatic heterocycles. The number of fused-ring (bicyclic) bond motifs is 1. The predicted molar refractivity (Wildman–Crippen MR) is 111 cm³/mol. The first-order valence-electron chi connectivity index (χ1n) is 10.3. The molecule has 2 N–H and O–H groups in total. The van der Waals surface area contributed by atoms with E-state index in [2.05, 4.69) is 31.2 Å². The van der Waals surface area contributed by atoms with E-state index in [0.717, 1.165) is 40.6 Å². The molecule has 0 aromatic carbocycles. The maximum atomic E-state index is 6.51. The molecule has 0 radical (unpaired) electrons. The molecule has 3 heterocycles. The van der Waals surface area contributed by atoms with Crippen LogP contribution in [-0.4, -0.2) is 41.8 Å². The van der Waals surface area contributed by atoms with Crippen LogP contribution in [0.2, 0.25) is 0 Å².